The zero-order valence-corrected chi connectivity index (χ0v) is 8.32. The Hall–Kier alpha value is -1.06. The molecule has 0 bridgehead atoms. The normalized spacial score (nSPS) is 20.3. The molecule has 1 aliphatic rings. The molecule has 3 heteroatoms. The van der Waals surface area contributed by atoms with Crippen LogP contribution in [-0.2, 0) is 11.2 Å². The second-order valence-corrected chi connectivity index (χ2v) is 3.37. The van der Waals surface area contributed by atoms with Crippen LogP contribution in [0.2, 0.25) is 0 Å². The molecule has 0 radical (unpaired) electrons. The van der Waals surface area contributed by atoms with Crippen molar-refractivity contribution in [1.29, 1.82) is 0 Å². The molecule has 0 unspecified atom stereocenters. The Morgan fingerprint density at radius 3 is 3.14 bits per heavy atom. The molecule has 3 nitrogen and oxygen atoms in total. The highest BCUT2D eigenvalue weighted by Crippen LogP contribution is 2.32. The fraction of sp³-hybridized carbons (Fsp3) is 0.455. The lowest BCUT2D eigenvalue weighted by atomic mass is 9.96. The molecule has 1 aromatic rings. The molecule has 0 aromatic heterocycles. The van der Waals surface area contributed by atoms with E-state index in [9.17, 15) is 0 Å². The molecule has 1 aliphatic heterocycles. The number of hydrogen-bond acceptors (Lipinski definition) is 3. The first kappa shape index (κ1) is 9.49. The van der Waals surface area contributed by atoms with Gasteiger partial charge >= 0.3 is 0 Å². The van der Waals surface area contributed by atoms with E-state index in [1.54, 1.807) is 7.11 Å². The van der Waals surface area contributed by atoms with Crippen molar-refractivity contribution >= 4 is 0 Å². The van der Waals surface area contributed by atoms with Crippen molar-refractivity contribution in [2.75, 3.05) is 20.3 Å². The third-order valence-electron chi connectivity index (χ3n) is 2.62. The molecule has 0 aliphatic carbocycles. The van der Waals surface area contributed by atoms with Gasteiger partial charge in [0, 0.05) is 12.1 Å². The number of nitrogens with two attached hydrogens (primary N) is 1. The number of benzene rings is 1. The first-order chi connectivity index (χ1) is 6.86. The lowest BCUT2D eigenvalue weighted by molar-refractivity contribution is 0.0477. The van der Waals surface area contributed by atoms with Crippen molar-refractivity contribution < 1.29 is 9.47 Å². The minimum Gasteiger partial charge on any atom is -0.496 e. The quantitative estimate of drug-likeness (QED) is 0.769. The summed E-state index contributed by atoms with van der Waals surface area (Å²) in [5, 5.41) is 0. The maximum absolute atomic E-state index is 5.64. The largest absolute Gasteiger partial charge is 0.496 e. The van der Waals surface area contributed by atoms with E-state index in [4.69, 9.17) is 15.2 Å². The molecule has 76 valence electrons. The van der Waals surface area contributed by atoms with Crippen molar-refractivity contribution in [1.82, 2.24) is 0 Å². The van der Waals surface area contributed by atoms with E-state index >= 15 is 0 Å². The lowest BCUT2D eigenvalue weighted by Gasteiger charge is -2.26. The highest BCUT2D eigenvalue weighted by molar-refractivity contribution is 5.42. The Labute approximate surface area is 83.8 Å². The monoisotopic (exact) mass is 193 g/mol. The van der Waals surface area contributed by atoms with Crippen LogP contribution in [0, 0.1) is 0 Å². The van der Waals surface area contributed by atoms with Gasteiger partial charge in [0.1, 0.15) is 5.75 Å². The summed E-state index contributed by atoms with van der Waals surface area (Å²) in [4.78, 5) is 0. The van der Waals surface area contributed by atoms with E-state index in [1.165, 1.54) is 11.1 Å². The molecule has 0 saturated carbocycles. The molecule has 0 spiro atoms. The van der Waals surface area contributed by atoms with Gasteiger partial charge in [0.15, 0.2) is 0 Å². The van der Waals surface area contributed by atoms with Gasteiger partial charge in [-0.05, 0) is 18.1 Å². The van der Waals surface area contributed by atoms with Gasteiger partial charge in [-0.3, -0.25) is 0 Å². The second kappa shape index (κ2) is 3.98. The highest BCUT2D eigenvalue weighted by Gasteiger charge is 2.21. The van der Waals surface area contributed by atoms with Gasteiger partial charge in [0.25, 0.3) is 0 Å². The van der Waals surface area contributed by atoms with Gasteiger partial charge in [0.05, 0.1) is 19.8 Å². The van der Waals surface area contributed by atoms with Crippen LogP contribution in [0.4, 0.5) is 0 Å². The SMILES string of the molecule is COc1cccc2c1CCO[C@@H]2CN. The van der Waals surface area contributed by atoms with Crippen LogP contribution in [0.3, 0.4) is 0 Å². The van der Waals surface area contributed by atoms with E-state index in [1.807, 2.05) is 12.1 Å². The summed E-state index contributed by atoms with van der Waals surface area (Å²) in [6, 6.07) is 6.03. The Morgan fingerprint density at radius 1 is 1.57 bits per heavy atom. The number of methoxy groups -OCH3 is 1. The van der Waals surface area contributed by atoms with Crippen molar-refractivity contribution in [3.63, 3.8) is 0 Å². The molecule has 1 heterocycles. The fourth-order valence-corrected chi connectivity index (χ4v) is 1.93. The highest BCUT2D eigenvalue weighted by atomic mass is 16.5. The van der Waals surface area contributed by atoms with Gasteiger partial charge in [-0.15, -0.1) is 0 Å². The number of fused-ring (bicyclic) bond motifs is 1. The predicted molar refractivity (Wildman–Crippen MR) is 54.4 cm³/mol. The molecule has 0 fully saturated rings. The Kier molecular flexibility index (Phi) is 2.70. The van der Waals surface area contributed by atoms with E-state index in [0.29, 0.717) is 6.54 Å². The summed E-state index contributed by atoms with van der Waals surface area (Å²) in [7, 11) is 1.70. The van der Waals surface area contributed by atoms with E-state index in [-0.39, 0.29) is 6.10 Å². The smallest absolute Gasteiger partial charge is 0.122 e. The molecule has 0 amide bonds. The molecule has 2 rings (SSSR count). The standard InChI is InChI=1S/C11H15NO2/c1-13-10-4-2-3-8-9(10)5-6-14-11(8)7-12/h2-4,11H,5-7,12H2,1H3/t11-/m1/s1. The third kappa shape index (κ3) is 1.49. The van der Waals surface area contributed by atoms with E-state index < -0.39 is 0 Å². The second-order valence-electron chi connectivity index (χ2n) is 3.37. The zero-order chi connectivity index (χ0) is 9.97. The maximum Gasteiger partial charge on any atom is 0.122 e. The summed E-state index contributed by atoms with van der Waals surface area (Å²) < 4.78 is 10.9. The van der Waals surface area contributed by atoms with Gasteiger partial charge in [0.2, 0.25) is 0 Å². The van der Waals surface area contributed by atoms with Crippen LogP contribution in [0.5, 0.6) is 5.75 Å². The van der Waals surface area contributed by atoms with Gasteiger partial charge in [-0.1, -0.05) is 12.1 Å². The fourth-order valence-electron chi connectivity index (χ4n) is 1.93. The average Bonchev–Trinajstić information content (AvgIpc) is 2.27. The zero-order valence-electron chi connectivity index (χ0n) is 8.32. The molecule has 1 atom stereocenters. The third-order valence-corrected chi connectivity index (χ3v) is 2.62. The summed E-state index contributed by atoms with van der Waals surface area (Å²) in [5.74, 6) is 0.948. The predicted octanol–water partition coefficient (Wildman–Crippen LogP) is 1.27. The van der Waals surface area contributed by atoms with Gasteiger partial charge in [-0.2, -0.15) is 0 Å². The molecule has 1 aromatic carbocycles. The van der Waals surface area contributed by atoms with Crippen LogP contribution >= 0.6 is 0 Å². The Balaban J connectivity index is 2.43. The summed E-state index contributed by atoms with van der Waals surface area (Å²) in [6.45, 7) is 1.26. The van der Waals surface area contributed by atoms with Crippen molar-refractivity contribution in [3.05, 3.63) is 29.3 Å². The first-order valence-corrected chi connectivity index (χ1v) is 4.84. The average molecular weight is 193 g/mol. The molecule has 0 saturated heterocycles. The minimum atomic E-state index is 0.0360. The Morgan fingerprint density at radius 2 is 2.43 bits per heavy atom. The van der Waals surface area contributed by atoms with Crippen LogP contribution in [0.15, 0.2) is 18.2 Å². The van der Waals surface area contributed by atoms with Crippen molar-refractivity contribution in [2.24, 2.45) is 5.73 Å². The summed E-state index contributed by atoms with van der Waals surface area (Å²) in [5.41, 5.74) is 8.07. The number of hydrogen-bond donors (Lipinski definition) is 1. The molecular formula is C11H15NO2. The van der Waals surface area contributed by atoms with E-state index in [2.05, 4.69) is 6.07 Å². The molecule has 14 heavy (non-hydrogen) atoms. The van der Waals surface area contributed by atoms with Gasteiger partial charge < -0.3 is 15.2 Å². The van der Waals surface area contributed by atoms with E-state index in [0.717, 1.165) is 18.8 Å². The van der Waals surface area contributed by atoms with Crippen LogP contribution in [0.1, 0.15) is 17.2 Å². The van der Waals surface area contributed by atoms with Crippen LogP contribution in [-0.4, -0.2) is 20.3 Å². The lowest BCUT2D eigenvalue weighted by Crippen LogP contribution is -2.23. The minimum absolute atomic E-state index is 0.0360. The van der Waals surface area contributed by atoms with Crippen molar-refractivity contribution in [3.8, 4) is 5.75 Å². The molecule has 2 N–H and O–H groups in total. The Bertz CT molecular complexity index is 325. The van der Waals surface area contributed by atoms with Crippen molar-refractivity contribution in [2.45, 2.75) is 12.5 Å². The molecular weight excluding hydrogens is 178 g/mol. The number of rotatable bonds is 2. The summed E-state index contributed by atoms with van der Waals surface area (Å²) >= 11 is 0. The van der Waals surface area contributed by atoms with Crippen LogP contribution < -0.4 is 10.5 Å². The summed E-state index contributed by atoms with van der Waals surface area (Å²) in [6.07, 6.45) is 0.949. The topological polar surface area (TPSA) is 44.5 Å². The first-order valence-electron chi connectivity index (χ1n) is 4.84. The number of ether oxygens (including phenoxy) is 2. The van der Waals surface area contributed by atoms with Crippen LogP contribution in [0.25, 0.3) is 0 Å². The van der Waals surface area contributed by atoms with Gasteiger partial charge in [-0.25, -0.2) is 0 Å². The maximum atomic E-state index is 5.64.